The molecule has 2 rings (SSSR count). The number of halogens is 1. The number of anilines is 1. The molecular weight excluding hydrogens is 325 g/mol. The fraction of sp³-hybridized carbons (Fsp3) is 0.308. The summed E-state index contributed by atoms with van der Waals surface area (Å²) in [5.41, 5.74) is 8.72. The fourth-order valence-electron chi connectivity index (χ4n) is 1.70. The van der Waals surface area contributed by atoms with Crippen molar-refractivity contribution in [3.8, 4) is 11.3 Å². The number of rotatable bonds is 4. The highest BCUT2D eigenvalue weighted by Crippen LogP contribution is 2.24. The van der Waals surface area contributed by atoms with Crippen LogP contribution in [0.3, 0.4) is 0 Å². The first-order chi connectivity index (χ1) is 8.20. The van der Waals surface area contributed by atoms with Crippen molar-refractivity contribution in [3.63, 3.8) is 0 Å². The molecular formula is C13H16IN3. The Bertz CT molecular complexity index is 488. The van der Waals surface area contributed by atoms with E-state index < -0.39 is 0 Å². The number of aryl methyl sites for hydroxylation is 1. The molecule has 3 nitrogen and oxygen atoms in total. The third kappa shape index (κ3) is 3.00. The predicted molar refractivity (Wildman–Crippen MR) is 79.7 cm³/mol. The third-order valence-electron chi connectivity index (χ3n) is 2.65. The Hall–Kier alpha value is -1.04. The Morgan fingerprint density at radius 2 is 2.00 bits per heavy atom. The number of aromatic nitrogens is 2. The van der Waals surface area contributed by atoms with Crippen molar-refractivity contribution < 1.29 is 0 Å². The summed E-state index contributed by atoms with van der Waals surface area (Å²) in [5.74, 6) is 0. The van der Waals surface area contributed by atoms with Crippen LogP contribution in [0.1, 0.15) is 19.8 Å². The van der Waals surface area contributed by atoms with Gasteiger partial charge in [0.2, 0.25) is 0 Å². The van der Waals surface area contributed by atoms with Crippen LogP contribution in [0.2, 0.25) is 0 Å². The van der Waals surface area contributed by atoms with E-state index in [-0.39, 0.29) is 0 Å². The van der Waals surface area contributed by atoms with E-state index in [0.717, 1.165) is 29.9 Å². The van der Waals surface area contributed by atoms with E-state index in [1.807, 2.05) is 10.9 Å². The topological polar surface area (TPSA) is 43.8 Å². The number of benzene rings is 1. The highest BCUT2D eigenvalue weighted by molar-refractivity contribution is 14.1. The molecule has 0 fully saturated rings. The Kier molecular flexibility index (Phi) is 4.04. The number of hydrogen-bond donors (Lipinski definition) is 1. The van der Waals surface area contributed by atoms with E-state index in [1.54, 1.807) is 0 Å². The second-order valence-corrected chi connectivity index (χ2v) is 5.30. The molecule has 2 aromatic rings. The van der Waals surface area contributed by atoms with Gasteiger partial charge in [-0.15, -0.1) is 0 Å². The quantitative estimate of drug-likeness (QED) is 0.865. The number of unbranched alkanes of at least 4 members (excludes halogenated alkanes) is 1. The van der Waals surface area contributed by atoms with Gasteiger partial charge in [0, 0.05) is 21.9 Å². The van der Waals surface area contributed by atoms with Crippen molar-refractivity contribution in [1.29, 1.82) is 0 Å². The van der Waals surface area contributed by atoms with Gasteiger partial charge in [0.25, 0.3) is 0 Å². The summed E-state index contributed by atoms with van der Waals surface area (Å²) >= 11 is 2.29. The largest absolute Gasteiger partial charge is 0.396 e. The van der Waals surface area contributed by atoms with Gasteiger partial charge < -0.3 is 5.73 Å². The molecule has 0 saturated heterocycles. The van der Waals surface area contributed by atoms with Crippen molar-refractivity contribution in [2.45, 2.75) is 26.3 Å². The minimum absolute atomic E-state index is 0.752. The summed E-state index contributed by atoms with van der Waals surface area (Å²) < 4.78 is 3.15. The Labute approximate surface area is 115 Å². The van der Waals surface area contributed by atoms with Gasteiger partial charge in [-0.3, -0.25) is 4.68 Å². The normalized spacial score (nSPS) is 10.7. The van der Waals surface area contributed by atoms with E-state index in [1.165, 1.54) is 9.99 Å². The number of nitrogens with two attached hydrogens (primary N) is 1. The van der Waals surface area contributed by atoms with E-state index in [9.17, 15) is 0 Å². The number of nitrogens with zero attached hydrogens (tertiary/aromatic N) is 2. The van der Waals surface area contributed by atoms with Gasteiger partial charge in [0.1, 0.15) is 5.69 Å². The van der Waals surface area contributed by atoms with Crippen molar-refractivity contribution in [3.05, 3.63) is 34.0 Å². The lowest BCUT2D eigenvalue weighted by atomic mass is 10.1. The van der Waals surface area contributed by atoms with Crippen LogP contribution in [0.4, 0.5) is 5.69 Å². The maximum Gasteiger partial charge on any atom is 0.115 e. The van der Waals surface area contributed by atoms with Crippen molar-refractivity contribution in [1.82, 2.24) is 9.78 Å². The Morgan fingerprint density at radius 1 is 1.29 bits per heavy atom. The maximum absolute atomic E-state index is 6.00. The molecule has 0 amide bonds. The SMILES string of the molecule is CCCCn1cc(N)c(-c2ccc(I)cc2)n1. The smallest absolute Gasteiger partial charge is 0.115 e. The molecule has 17 heavy (non-hydrogen) atoms. The molecule has 0 atom stereocenters. The molecule has 0 radical (unpaired) electrons. The molecule has 0 aliphatic carbocycles. The lowest BCUT2D eigenvalue weighted by Gasteiger charge is -1.99. The van der Waals surface area contributed by atoms with Crippen LogP contribution in [-0.2, 0) is 6.54 Å². The number of nitrogen functional groups attached to an aromatic ring is 1. The fourth-order valence-corrected chi connectivity index (χ4v) is 2.06. The second kappa shape index (κ2) is 5.53. The lowest BCUT2D eigenvalue weighted by Crippen LogP contribution is -1.97. The highest BCUT2D eigenvalue weighted by atomic mass is 127. The summed E-state index contributed by atoms with van der Waals surface area (Å²) in [6, 6.07) is 8.26. The molecule has 4 heteroatoms. The maximum atomic E-state index is 6.00. The molecule has 0 aliphatic heterocycles. The molecule has 1 heterocycles. The Balaban J connectivity index is 2.26. The zero-order chi connectivity index (χ0) is 12.3. The molecule has 1 aromatic heterocycles. The third-order valence-corrected chi connectivity index (χ3v) is 3.37. The molecule has 0 bridgehead atoms. The van der Waals surface area contributed by atoms with Crippen molar-refractivity contribution in [2.24, 2.45) is 0 Å². The first kappa shape index (κ1) is 12.4. The Morgan fingerprint density at radius 3 is 2.65 bits per heavy atom. The summed E-state index contributed by atoms with van der Waals surface area (Å²) in [7, 11) is 0. The van der Waals surface area contributed by atoms with Crippen molar-refractivity contribution in [2.75, 3.05) is 5.73 Å². The zero-order valence-corrected chi connectivity index (χ0v) is 12.0. The minimum Gasteiger partial charge on any atom is -0.396 e. The number of hydrogen-bond acceptors (Lipinski definition) is 2. The van der Waals surface area contributed by atoms with Gasteiger partial charge in [0.15, 0.2) is 0 Å². The summed E-state index contributed by atoms with van der Waals surface area (Å²) in [6.45, 7) is 3.11. The van der Waals surface area contributed by atoms with Crippen LogP contribution in [0.5, 0.6) is 0 Å². The van der Waals surface area contributed by atoms with Crippen LogP contribution < -0.4 is 5.73 Å². The second-order valence-electron chi connectivity index (χ2n) is 4.06. The predicted octanol–water partition coefficient (Wildman–Crippen LogP) is 3.54. The van der Waals surface area contributed by atoms with Crippen LogP contribution in [0, 0.1) is 3.57 Å². The van der Waals surface area contributed by atoms with E-state index >= 15 is 0 Å². The first-order valence-electron chi connectivity index (χ1n) is 5.79. The van der Waals surface area contributed by atoms with E-state index in [4.69, 9.17) is 5.73 Å². The van der Waals surface area contributed by atoms with Gasteiger partial charge in [-0.1, -0.05) is 25.5 Å². The van der Waals surface area contributed by atoms with E-state index in [0.29, 0.717) is 0 Å². The van der Waals surface area contributed by atoms with Gasteiger partial charge in [-0.25, -0.2) is 0 Å². The highest BCUT2D eigenvalue weighted by Gasteiger charge is 2.07. The molecule has 0 spiro atoms. The van der Waals surface area contributed by atoms with Crippen molar-refractivity contribution >= 4 is 28.3 Å². The van der Waals surface area contributed by atoms with E-state index in [2.05, 4.69) is 58.9 Å². The molecule has 90 valence electrons. The summed E-state index contributed by atoms with van der Waals surface area (Å²) in [6.07, 6.45) is 4.22. The van der Waals surface area contributed by atoms with Crippen LogP contribution in [0.15, 0.2) is 30.5 Å². The average Bonchev–Trinajstić information content (AvgIpc) is 2.69. The monoisotopic (exact) mass is 341 g/mol. The van der Waals surface area contributed by atoms with Gasteiger partial charge in [-0.2, -0.15) is 5.10 Å². The molecule has 0 saturated carbocycles. The lowest BCUT2D eigenvalue weighted by molar-refractivity contribution is 0.573. The average molecular weight is 341 g/mol. The summed E-state index contributed by atoms with van der Waals surface area (Å²) in [5, 5.41) is 4.54. The van der Waals surface area contributed by atoms with Gasteiger partial charge >= 0.3 is 0 Å². The van der Waals surface area contributed by atoms with Crippen LogP contribution in [-0.4, -0.2) is 9.78 Å². The van der Waals surface area contributed by atoms with Crippen LogP contribution in [0.25, 0.3) is 11.3 Å². The van der Waals surface area contributed by atoms with Gasteiger partial charge in [0.05, 0.1) is 5.69 Å². The van der Waals surface area contributed by atoms with Crippen LogP contribution >= 0.6 is 22.6 Å². The molecule has 0 unspecified atom stereocenters. The molecule has 1 aromatic carbocycles. The molecule has 0 aliphatic rings. The summed E-state index contributed by atoms with van der Waals surface area (Å²) in [4.78, 5) is 0. The molecule has 2 N–H and O–H groups in total. The van der Waals surface area contributed by atoms with Gasteiger partial charge in [-0.05, 0) is 41.1 Å². The standard InChI is InChI=1S/C13H16IN3/c1-2-3-8-17-9-12(15)13(16-17)10-4-6-11(14)7-5-10/h4-7,9H,2-3,8,15H2,1H3. The zero-order valence-electron chi connectivity index (χ0n) is 9.86. The minimum atomic E-state index is 0.752. The first-order valence-corrected chi connectivity index (χ1v) is 6.87.